The maximum absolute atomic E-state index is 14.7. The molecule has 0 saturated heterocycles. The van der Waals surface area contributed by atoms with Crippen molar-refractivity contribution >= 4 is 34.1 Å². The normalized spacial score (nSPS) is 16.1. The fraction of sp³-hybridized carbons (Fsp3) is 0.381. The van der Waals surface area contributed by atoms with Gasteiger partial charge in [-0.1, -0.05) is 6.42 Å². The zero-order valence-electron chi connectivity index (χ0n) is 17.0. The third kappa shape index (κ3) is 3.80. The first-order chi connectivity index (χ1) is 14.3. The Kier molecular flexibility index (Phi) is 5.29. The van der Waals surface area contributed by atoms with Crippen molar-refractivity contribution in [2.75, 3.05) is 10.6 Å². The number of aryl methyl sites for hydroxylation is 1. The number of aromatic nitrogens is 3. The second kappa shape index (κ2) is 7.91. The highest BCUT2D eigenvalue weighted by Gasteiger charge is 2.31. The highest BCUT2D eigenvalue weighted by atomic mass is 19.1. The molecule has 30 heavy (non-hydrogen) atoms. The fourth-order valence-electron chi connectivity index (χ4n) is 3.87. The van der Waals surface area contributed by atoms with Gasteiger partial charge in [-0.15, -0.1) is 0 Å². The topological polar surface area (TPSA) is 124 Å². The number of hydrogen-bond acceptors (Lipinski definition) is 6. The van der Waals surface area contributed by atoms with Crippen molar-refractivity contribution in [2.24, 2.45) is 24.4 Å². The number of primary amides is 1. The molecule has 9 heteroatoms. The van der Waals surface area contributed by atoms with Gasteiger partial charge in [-0.3, -0.25) is 9.48 Å². The lowest BCUT2D eigenvalue weighted by Crippen LogP contribution is -2.46. The Labute approximate surface area is 173 Å². The van der Waals surface area contributed by atoms with Crippen molar-refractivity contribution in [3.63, 3.8) is 0 Å². The van der Waals surface area contributed by atoms with E-state index in [1.807, 2.05) is 32.2 Å². The number of rotatable bonds is 7. The Hall–Kier alpha value is -3.20. The molecule has 158 valence electrons. The van der Waals surface area contributed by atoms with E-state index in [9.17, 15) is 9.18 Å². The lowest BCUT2D eigenvalue weighted by atomic mass is 9.77. The largest absolute Gasteiger partial charge is 0.365 e. The summed E-state index contributed by atoms with van der Waals surface area (Å²) in [7, 11) is 1.84. The van der Waals surface area contributed by atoms with Crippen molar-refractivity contribution in [2.45, 2.75) is 38.3 Å². The summed E-state index contributed by atoms with van der Waals surface area (Å²) in [6.07, 6.45) is 5.02. The molecule has 0 bridgehead atoms. The van der Waals surface area contributed by atoms with Crippen LogP contribution in [0.4, 0.5) is 21.7 Å². The second-order valence-electron chi connectivity index (χ2n) is 7.97. The Morgan fingerprint density at radius 2 is 2.07 bits per heavy atom. The van der Waals surface area contributed by atoms with Crippen molar-refractivity contribution in [3.05, 3.63) is 41.8 Å². The van der Waals surface area contributed by atoms with Gasteiger partial charge in [-0.05, 0) is 49.9 Å². The van der Waals surface area contributed by atoms with Gasteiger partial charge in [-0.2, -0.15) is 5.10 Å². The van der Waals surface area contributed by atoms with Crippen LogP contribution >= 0.6 is 0 Å². The van der Waals surface area contributed by atoms with Crippen LogP contribution in [-0.4, -0.2) is 32.8 Å². The van der Waals surface area contributed by atoms with Crippen LogP contribution in [0.5, 0.6) is 0 Å². The van der Waals surface area contributed by atoms with Crippen molar-refractivity contribution in [3.8, 4) is 0 Å². The van der Waals surface area contributed by atoms with Crippen LogP contribution in [0.1, 0.15) is 36.5 Å². The maximum atomic E-state index is 14.7. The van der Waals surface area contributed by atoms with Crippen LogP contribution < -0.4 is 22.1 Å². The third-order valence-corrected chi connectivity index (χ3v) is 5.78. The summed E-state index contributed by atoms with van der Waals surface area (Å²) >= 11 is 0. The van der Waals surface area contributed by atoms with Crippen LogP contribution in [0, 0.1) is 11.7 Å². The monoisotopic (exact) mass is 411 g/mol. The smallest absolute Gasteiger partial charge is 0.252 e. The van der Waals surface area contributed by atoms with E-state index in [4.69, 9.17) is 11.5 Å². The van der Waals surface area contributed by atoms with E-state index >= 15 is 0 Å². The Balaban J connectivity index is 1.68. The molecule has 2 aromatic heterocycles. The predicted octanol–water partition coefficient (Wildman–Crippen LogP) is 2.88. The average Bonchev–Trinajstić information content (AvgIpc) is 3.02. The van der Waals surface area contributed by atoms with Gasteiger partial charge >= 0.3 is 0 Å². The average molecular weight is 411 g/mol. The van der Waals surface area contributed by atoms with Crippen molar-refractivity contribution in [1.82, 2.24) is 14.8 Å². The summed E-state index contributed by atoms with van der Waals surface area (Å²) in [4.78, 5) is 16.3. The predicted molar refractivity (Wildman–Crippen MR) is 115 cm³/mol. The van der Waals surface area contributed by atoms with E-state index in [0.29, 0.717) is 11.6 Å². The molecule has 0 unspecified atom stereocenters. The van der Waals surface area contributed by atoms with Crippen LogP contribution in [0.15, 0.2) is 30.5 Å². The van der Waals surface area contributed by atoms with Gasteiger partial charge in [0.25, 0.3) is 5.91 Å². The van der Waals surface area contributed by atoms with E-state index in [1.54, 1.807) is 10.9 Å². The molecule has 1 fully saturated rings. The molecule has 4 rings (SSSR count). The van der Waals surface area contributed by atoms with Crippen molar-refractivity contribution in [1.29, 1.82) is 0 Å². The SMILES string of the molecule is C[C@H](N)[C@H](Nc1nc(Nc2ccc3cnn(C)c3c2)c(C(N)=O)cc1F)C1CCC1. The highest BCUT2D eigenvalue weighted by Crippen LogP contribution is 2.33. The summed E-state index contributed by atoms with van der Waals surface area (Å²) in [5.74, 6) is -0.782. The van der Waals surface area contributed by atoms with E-state index in [0.717, 1.165) is 36.2 Å². The Morgan fingerprint density at radius 1 is 1.30 bits per heavy atom. The van der Waals surface area contributed by atoms with Gasteiger partial charge in [0, 0.05) is 30.2 Å². The van der Waals surface area contributed by atoms with Crippen LogP contribution in [0.2, 0.25) is 0 Å². The lowest BCUT2D eigenvalue weighted by Gasteiger charge is -2.37. The van der Waals surface area contributed by atoms with Crippen LogP contribution in [-0.2, 0) is 7.05 Å². The van der Waals surface area contributed by atoms with Crippen molar-refractivity contribution < 1.29 is 9.18 Å². The molecule has 1 aliphatic rings. The summed E-state index contributed by atoms with van der Waals surface area (Å²) in [5, 5.41) is 11.5. The number of pyridine rings is 1. The summed E-state index contributed by atoms with van der Waals surface area (Å²) < 4.78 is 16.5. The molecule has 1 aromatic carbocycles. The number of hydrogen-bond donors (Lipinski definition) is 4. The first-order valence-corrected chi connectivity index (χ1v) is 10.0. The van der Waals surface area contributed by atoms with Gasteiger partial charge in [0.1, 0.15) is 5.82 Å². The first-order valence-electron chi connectivity index (χ1n) is 10.0. The first kappa shape index (κ1) is 20.1. The van der Waals surface area contributed by atoms with E-state index in [2.05, 4.69) is 20.7 Å². The maximum Gasteiger partial charge on any atom is 0.252 e. The number of anilines is 3. The molecule has 1 saturated carbocycles. The highest BCUT2D eigenvalue weighted by molar-refractivity contribution is 5.99. The molecule has 0 aliphatic heterocycles. The molecule has 0 radical (unpaired) electrons. The number of nitrogens with zero attached hydrogens (tertiary/aromatic N) is 3. The lowest BCUT2D eigenvalue weighted by molar-refractivity contribution is 0.100. The molecule has 2 heterocycles. The van der Waals surface area contributed by atoms with E-state index in [-0.39, 0.29) is 29.3 Å². The molecule has 3 aromatic rings. The number of halogens is 1. The molecule has 6 N–H and O–H groups in total. The summed E-state index contributed by atoms with van der Waals surface area (Å²) in [5.41, 5.74) is 13.2. The van der Waals surface area contributed by atoms with Crippen LogP contribution in [0.3, 0.4) is 0 Å². The summed E-state index contributed by atoms with van der Waals surface area (Å²) in [6.45, 7) is 1.90. The van der Waals surface area contributed by atoms with E-state index < -0.39 is 11.7 Å². The van der Waals surface area contributed by atoms with Crippen LogP contribution in [0.25, 0.3) is 10.9 Å². The van der Waals surface area contributed by atoms with Gasteiger partial charge < -0.3 is 22.1 Å². The molecule has 0 spiro atoms. The number of carbonyl (C=O) groups excluding carboxylic acids is 1. The molecule has 8 nitrogen and oxygen atoms in total. The van der Waals surface area contributed by atoms with Gasteiger partial charge in [0.05, 0.1) is 17.3 Å². The molecule has 2 atom stereocenters. The number of benzene rings is 1. The standard InChI is InChI=1S/C21H26FN7O/c1-11(23)18(12-4-3-5-12)27-21-16(22)9-15(19(24)30)20(28-21)26-14-7-6-13-10-25-29(2)17(13)8-14/h6-12,18H,3-5,23H2,1-2H3,(H2,24,30)(H2,26,27,28)/t11-,18-/m0/s1. The number of nitrogens with two attached hydrogens (primary N) is 2. The minimum Gasteiger partial charge on any atom is -0.365 e. The molecule has 1 aliphatic carbocycles. The second-order valence-corrected chi connectivity index (χ2v) is 7.97. The fourth-order valence-corrected chi connectivity index (χ4v) is 3.87. The minimum atomic E-state index is -0.764. The third-order valence-electron chi connectivity index (χ3n) is 5.78. The number of fused-ring (bicyclic) bond motifs is 1. The van der Waals surface area contributed by atoms with E-state index in [1.165, 1.54) is 0 Å². The quantitative estimate of drug-likeness (QED) is 0.474. The Morgan fingerprint density at radius 3 is 2.70 bits per heavy atom. The number of nitrogens with one attached hydrogen (secondary N) is 2. The molecular weight excluding hydrogens is 385 g/mol. The zero-order valence-corrected chi connectivity index (χ0v) is 17.0. The zero-order chi connectivity index (χ0) is 21.4. The van der Waals surface area contributed by atoms with Gasteiger partial charge in [-0.25, -0.2) is 9.37 Å². The molecule has 1 amide bonds. The summed E-state index contributed by atoms with van der Waals surface area (Å²) in [6, 6.07) is 6.47. The molecular formula is C21H26FN7O. The number of amides is 1. The Bertz CT molecular complexity index is 1090. The van der Waals surface area contributed by atoms with Gasteiger partial charge in [0.2, 0.25) is 0 Å². The minimum absolute atomic E-state index is 0.0239. The number of carbonyl (C=O) groups is 1. The van der Waals surface area contributed by atoms with Gasteiger partial charge in [0.15, 0.2) is 11.6 Å².